The molecule has 0 unspecified atom stereocenters. The highest BCUT2D eigenvalue weighted by atomic mass is 15.2. The molecule has 0 spiro atoms. The summed E-state index contributed by atoms with van der Waals surface area (Å²) in [6, 6.07) is 9.60. The van der Waals surface area contributed by atoms with Crippen molar-refractivity contribution >= 4 is 17.2 Å². The second kappa shape index (κ2) is 6.13. The molecule has 0 bridgehead atoms. The van der Waals surface area contributed by atoms with Gasteiger partial charge in [-0.1, -0.05) is 32.0 Å². The molecule has 0 fully saturated rings. The van der Waals surface area contributed by atoms with Crippen LogP contribution < -0.4 is 5.73 Å². The second-order valence-electron chi connectivity index (χ2n) is 4.42. The lowest BCUT2D eigenvalue weighted by atomic mass is 9.98. The number of nitrogens with two attached hydrogens (primary N) is 1. The van der Waals surface area contributed by atoms with E-state index in [4.69, 9.17) is 5.73 Å². The van der Waals surface area contributed by atoms with E-state index in [9.17, 15) is 0 Å². The molecule has 0 amide bonds. The molecule has 100 valence electrons. The molecule has 1 aromatic heterocycles. The minimum absolute atomic E-state index is 0.384. The Labute approximate surface area is 112 Å². The number of anilines is 1. The molecule has 0 saturated carbocycles. The Hall–Kier alpha value is -2.17. The van der Waals surface area contributed by atoms with Crippen LogP contribution >= 0.6 is 0 Å². The van der Waals surface area contributed by atoms with Gasteiger partial charge in [0.1, 0.15) is 0 Å². The zero-order valence-corrected chi connectivity index (χ0v) is 11.3. The van der Waals surface area contributed by atoms with Crippen LogP contribution in [-0.2, 0) is 0 Å². The quantitative estimate of drug-likeness (QED) is 0.782. The normalized spacial score (nSPS) is 11.5. The predicted octanol–water partition coefficient (Wildman–Crippen LogP) is 4.31. The third kappa shape index (κ3) is 2.99. The van der Waals surface area contributed by atoms with E-state index in [2.05, 4.69) is 34.3 Å². The van der Waals surface area contributed by atoms with E-state index >= 15 is 0 Å². The molecular formula is C14H19N5. The molecule has 3 N–H and O–H groups in total. The number of H-pyrrole nitrogens is 1. The molecule has 5 heteroatoms. The van der Waals surface area contributed by atoms with Gasteiger partial charge in [-0.3, -0.25) is 5.10 Å². The highest BCUT2D eigenvalue weighted by Crippen LogP contribution is 2.34. The first-order valence-electron chi connectivity index (χ1n) is 6.56. The Morgan fingerprint density at radius 2 is 1.84 bits per heavy atom. The Bertz CT molecular complexity index is 540. The number of aromatic amines is 1. The fourth-order valence-electron chi connectivity index (χ4n) is 2.05. The average Bonchev–Trinajstić information content (AvgIpc) is 2.81. The predicted molar refractivity (Wildman–Crippen MR) is 76.9 cm³/mol. The minimum atomic E-state index is 0.384. The Kier molecular flexibility index (Phi) is 4.28. The molecular weight excluding hydrogens is 238 g/mol. The first-order chi connectivity index (χ1) is 9.26. The lowest BCUT2D eigenvalue weighted by Gasteiger charge is -2.09. The van der Waals surface area contributed by atoms with E-state index in [-0.39, 0.29) is 0 Å². The van der Waals surface area contributed by atoms with Gasteiger partial charge in [0.2, 0.25) is 0 Å². The summed E-state index contributed by atoms with van der Waals surface area (Å²) in [6.45, 7) is 4.28. The van der Waals surface area contributed by atoms with Crippen LogP contribution in [0, 0.1) is 0 Å². The van der Waals surface area contributed by atoms with E-state index < -0.39 is 0 Å². The summed E-state index contributed by atoms with van der Waals surface area (Å²) in [7, 11) is 0. The largest absolute Gasteiger partial charge is 0.380 e. The molecule has 2 aromatic rings. The molecule has 19 heavy (non-hydrogen) atoms. The summed E-state index contributed by atoms with van der Waals surface area (Å²) < 4.78 is 0. The van der Waals surface area contributed by atoms with Gasteiger partial charge in [0.15, 0.2) is 11.5 Å². The van der Waals surface area contributed by atoms with E-state index in [0.717, 1.165) is 24.2 Å². The lowest BCUT2D eigenvalue weighted by Crippen LogP contribution is -1.96. The van der Waals surface area contributed by atoms with Gasteiger partial charge in [-0.2, -0.15) is 10.2 Å². The van der Waals surface area contributed by atoms with Crippen LogP contribution in [0.2, 0.25) is 0 Å². The molecule has 1 heterocycles. The standard InChI is InChI=1S/C14H19N5/c1-3-10(4-2)12-13(14(15)19-17-12)18-16-11-8-6-5-7-9-11/h5-10H,3-4H2,1-2H3,(H3,15,17,19). The third-order valence-electron chi connectivity index (χ3n) is 3.21. The van der Waals surface area contributed by atoms with Crippen LogP contribution in [0.5, 0.6) is 0 Å². The van der Waals surface area contributed by atoms with Crippen molar-refractivity contribution in [1.29, 1.82) is 0 Å². The SMILES string of the molecule is CCC(CC)c1[nH]nc(N)c1N=Nc1ccccc1. The van der Waals surface area contributed by atoms with Crippen molar-refractivity contribution in [2.75, 3.05) is 5.73 Å². The minimum Gasteiger partial charge on any atom is -0.380 e. The van der Waals surface area contributed by atoms with E-state index in [1.54, 1.807) is 0 Å². The number of benzene rings is 1. The smallest absolute Gasteiger partial charge is 0.173 e. The Morgan fingerprint density at radius 1 is 1.16 bits per heavy atom. The van der Waals surface area contributed by atoms with Gasteiger partial charge in [-0.05, 0) is 25.0 Å². The molecule has 0 aliphatic carbocycles. The van der Waals surface area contributed by atoms with Gasteiger partial charge in [-0.25, -0.2) is 0 Å². The van der Waals surface area contributed by atoms with Gasteiger partial charge in [0.25, 0.3) is 0 Å². The Balaban J connectivity index is 2.29. The zero-order chi connectivity index (χ0) is 13.7. The van der Waals surface area contributed by atoms with Crippen molar-refractivity contribution < 1.29 is 0 Å². The average molecular weight is 257 g/mol. The highest BCUT2D eigenvalue weighted by Gasteiger charge is 2.17. The van der Waals surface area contributed by atoms with Crippen LogP contribution in [0.3, 0.4) is 0 Å². The lowest BCUT2D eigenvalue weighted by molar-refractivity contribution is 0.621. The number of nitrogen functional groups attached to an aromatic ring is 1. The van der Waals surface area contributed by atoms with E-state index in [1.165, 1.54) is 0 Å². The summed E-state index contributed by atoms with van der Waals surface area (Å²) >= 11 is 0. The van der Waals surface area contributed by atoms with Gasteiger partial charge in [0.05, 0.1) is 11.4 Å². The highest BCUT2D eigenvalue weighted by molar-refractivity contribution is 5.61. The fourth-order valence-corrected chi connectivity index (χ4v) is 2.05. The summed E-state index contributed by atoms with van der Waals surface area (Å²) in [5.74, 6) is 0.788. The van der Waals surface area contributed by atoms with E-state index in [1.807, 2.05) is 30.3 Å². The number of rotatable bonds is 5. The summed E-state index contributed by atoms with van der Waals surface area (Å²) in [5.41, 5.74) is 8.30. The fraction of sp³-hybridized carbons (Fsp3) is 0.357. The Morgan fingerprint density at radius 3 is 2.47 bits per heavy atom. The number of hydrogen-bond acceptors (Lipinski definition) is 4. The van der Waals surface area contributed by atoms with Crippen molar-refractivity contribution in [1.82, 2.24) is 10.2 Å². The van der Waals surface area contributed by atoms with Crippen LogP contribution in [0.15, 0.2) is 40.6 Å². The number of nitrogens with one attached hydrogen (secondary N) is 1. The monoisotopic (exact) mass is 257 g/mol. The molecule has 0 saturated heterocycles. The van der Waals surface area contributed by atoms with Crippen molar-refractivity contribution in [3.05, 3.63) is 36.0 Å². The topological polar surface area (TPSA) is 79.4 Å². The van der Waals surface area contributed by atoms with Crippen molar-refractivity contribution in [3.8, 4) is 0 Å². The first-order valence-corrected chi connectivity index (χ1v) is 6.56. The number of hydrogen-bond donors (Lipinski definition) is 2. The van der Waals surface area contributed by atoms with Crippen molar-refractivity contribution in [2.24, 2.45) is 10.2 Å². The summed E-state index contributed by atoms with van der Waals surface area (Å²) in [4.78, 5) is 0. The van der Waals surface area contributed by atoms with Gasteiger partial charge in [0, 0.05) is 5.92 Å². The maximum absolute atomic E-state index is 5.86. The van der Waals surface area contributed by atoms with E-state index in [0.29, 0.717) is 17.4 Å². The zero-order valence-electron chi connectivity index (χ0n) is 11.3. The van der Waals surface area contributed by atoms with Gasteiger partial charge < -0.3 is 5.73 Å². The van der Waals surface area contributed by atoms with Crippen LogP contribution in [-0.4, -0.2) is 10.2 Å². The molecule has 5 nitrogen and oxygen atoms in total. The maximum atomic E-state index is 5.86. The van der Waals surface area contributed by atoms with Gasteiger partial charge >= 0.3 is 0 Å². The number of azo groups is 1. The molecule has 0 atom stereocenters. The van der Waals surface area contributed by atoms with Crippen LogP contribution in [0.25, 0.3) is 0 Å². The van der Waals surface area contributed by atoms with Crippen LogP contribution in [0.1, 0.15) is 38.3 Å². The first kappa shape index (κ1) is 13.3. The molecule has 2 rings (SSSR count). The second-order valence-corrected chi connectivity index (χ2v) is 4.42. The number of nitrogens with zero attached hydrogens (tertiary/aromatic N) is 3. The number of aromatic nitrogens is 2. The molecule has 0 radical (unpaired) electrons. The summed E-state index contributed by atoms with van der Waals surface area (Å²) in [5, 5.41) is 15.5. The molecule has 1 aromatic carbocycles. The van der Waals surface area contributed by atoms with Crippen molar-refractivity contribution in [3.63, 3.8) is 0 Å². The van der Waals surface area contributed by atoms with Crippen molar-refractivity contribution in [2.45, 2.75) is 32.6 Å². The van der Waals surface area contributed by atoms with Gasteiger partial charge in [-0.15, -0.1) is 5.11 Å². The maximum Gasteiger partial charge on any atom is 0.173 e. The molecule has 0 aliphatic rings. The van der Waals surface area contributed by atoms with Crippen LogP contribution in [0.4, 0.5) is 17.2 Å². The summed E-state index contributed by atoms with van der Waals surface area (Å²) in [6.07, 6.45) is 2.04. The molecule has 0 aliphatic heterocycles. The third-order valence-corrected chi connectivity index (χ3v) is 3.21.